The minimum Gasteiger partial charge on any atom is -0.495 e. The summed E-state index contributed by atoms with van der Waals surface area (Å²) in [6.45, 7) is 2.54. The van der Waals surface area contributed by atoms with E-state index in [0.29, 0.717) is 40.7 Å². The molecular formula is C29H28ClN3O4. The average Bonchev–Trinajstić information content (AvgIpc) is 3.33. The Hall–Kier alpha value is -3.81. The number of ether oxygens (including phenoxy) is 2. The van der Waals surface area contributed by atoms with Gasteiger partial charge in [-0.05, 0) is 36.2 Å². The van der Waals surface area contributed by atoms with Crippen LogP contribution in [0.4, 0.5) is 5.69 Å². The number of aromatic amines is 1. The van der Waals surface area contributed by atoms with Crippen LogP contribution in [-0.2, 0) is 9.53 Å². The molecule has 2 atom stereocenters. The third-order valence-corrected chi connectivity index (χ3v) is 7.34. The van der Waals surface area contributed by atoms with Gasteiger partial charge in [0.15, 0.2) is 0 Å². The number of aryl methyl sites for hydroxylation is 1. The van der Waals surface area contributed by atoms with Gasteiger partial charge in [-0.25, -0.2) is 0 Å². The SMILES string of the molecule is COCCN1C(=O)c2ccccc2[C@@H](C(=O)Nc2cc(C)c(Cl)cc2OC)[C@@H]1c1c[nH]c2ccccc12. The number of aromatic nitrogens is 1. The summed E-state index contributed by atoms with van der Waals surface area (Å²) in [5, 5.41) is 4.57. The van der Waals surface area contributed by atoms with Gasteiger partial charge in [-0.15, -0.1) is 0 Å². The van der Waals surface area contributed by atoms with Crippen LogP contribution < -0.4 is 10.1 Å². The minimum absolute atomic E-state index is 0.133. The smallest absolute Gasteiger partial charge is 0.254 e. The molecule has 2 amide bonds. The summed E-state index contributed by atoms with van der Waals surface area (Å²) in [4.78, 5) is 33.0. The third-order valence-electron chi connectivity index (χ3n) is 6.94. The standard InChI is InChI=1S/C29H28ClN3O4/c1-17-14-24(25(37-3)15-22(17)30)32-28(34)26-19-9-4-5-10-20(19)29(35)33(12-13-36-2)27(26)21-16-31-23-11-7-6-8-18(21)23/h4-11,14-16,26-27,31H,12-13H2,1-3H3,(H,32,34)/t26-,27+/m1/s1. The number of para-hydroxylation sites is 1. The molecule has 0 saturated heterocycles. The topological polar surface area (TPSA) is 83.7 Å². The molecule has 0 unspecified atom stereocenters. The number of hydrogen-bond acceptors (Lipinski definition) is 4. The molecule has 0 bridgehead atoms. The van der Waals surface area contributed by atoms with Crippen molar-refractivity contribution in [2.75, 3.05) is 32.7 Å². The zero-order chi connectivity index (χ0) is 26.1. The summed E-state index contributed by atoms with van der Waals surface area (Å²) in [7, 11) is 3.13. The van der Waals surface area contributed by atoms with Gasteiger partial charge in [0, 0.05) is 53.0 Å². The monoisotopic (exact) mass is 517 g/mol. The Morgan fingerprint density at radius 1 is 1.08 bits per heavy atom. The van der Waals surface area contributed by atoms with E-state index in [-0.39, 0.29) is 11.8 Å². The molecule has 0 fully saturated rings. The Morgan fingerprint density at radius 3 is 2.62 bits per heavy atom. The van der Waals surface area contributed by atoms with Gasteiger partial charge < -0.3 is 24.7 Å². The van der Waals surface area contributed by atoms with Crippen LogP contribution in [0.1, 0.15) is 39.0 Å². The van der Waals surface area contributed by atoms with E-state index in [9.17, 15) is 9.59 Å². The molecule has 0 spiro atoms. The normalized spacial score (nSPS) is 17.1. The second kappa shape index (κ2) is 10.3. The van der Waals surface area contributed by atoms with Gasteiger partial charge in [0.05, 0.1) is 31.4 Å². The van der Waals surface area contributed by atoms with Crippen molar-refractivity contribution in [1.29, 1.82) is 0 Å². The molecule has 7 nitrogen and oxygen atoms in total. The van der Waals surface area contributed by atoms with Gasteiger partial charge in [-0.3, -0.25) is 9.59 Å². The number of fused-ring (bicyclic) bond motifs is 2. The number of halogens is 1. The maximum absolute atomic E-state index is 14.2. The van der Waals surface area contributed by atoms with Crippen molar-refractivity contribution in [2.24, 2.45) is 0 Å². The number of methoxy groups -OCH3 is 2. The van der Waals surface area contributed by atoms with Gasteiger partial charge in [0.1, 0.15) is 5.75 Å². The molecule has 8 heteroatoms. The van der Waals surface area contributed by atoms with Crippen molar-refractivity contribution in [3.63, 3.8) is 0 Å². The van der Waals surface area contributed by atoms with Crippen molar-refractivity contribution in [2.45, 2.75) is 18.9 Å². The number of amides is 2. The quantitative estimate of drug-likeness (QED) is 0.329. The summed E-state index contributed by atoms with van der Waals surface area (Å²) in [6.07, 6.45) is 1.89. The molecular weight excluding hydrogens is 490 g/mol. The first kappa shape index (κ1) is 24.9. The molecule has 3 aromatic carbocycles. The second-order valence-electron chi connectivity index (χ2n) is 9.08. The highest BCUT2D eigenvalue weighted by molar-refractivity contribution is 6.31. The summed E-state index contributed by atoms with van der Waals surface area (Å²) in [5.74, 6) is -0.612. The lowest BCUT2D eigenvalue weighted by Gasteiger charge is -2.41. The molecule has 2 N–H and O–H groups in total. The van der Waals surface area contributed by atoms with Crippen LogP contribution in [0.3, 0.4) is 0 Å². The number of carbonyl (C=O) groups excluding carboxylic acids is 2. The van der Waals surface area contributed by atoms with Crippen molar-refractivity contribution in [3.05, 3.63) is 94.1 Å². The van der Waals surface area contributed by atoms with Crippen molar-refractivity contribution >= 4 is 40.0 Å². The first-order valence-electron chi connectivity index (χ1n) is 12.0. The summed E-state index contributed by atoms with van der Waals surface area (Å²) in [6, 6.07) is 18.1. The van der Waals surface area contributed by atoms with E-state index in [1.54, 1.807) is 30.2 Å². The zero-order valence-electron chi connectivity index (χ0n) is 20.9. The summed E-state index contributed by atoms with van der Waals surface area (Å²) >= 11 is 6.29. The lowest BCUT2D eigenvalue weighted by molar-refractivity contribution is -0.119. The van der Waals surface area contributed by atoms with E-state index in [1.165, 1.54) is 7.11 Å². The molecule has 37 heavy (non-hydrogen) atoms. The van der Waals surface area contributed by atoms with Crippen molar-refractivity contribution in [3.8, 4) is 5.75 Å². The summed E-state index contributed by atoms with van der Waals surface area (Å²) < 4.78 is 10.9. The maximum atomic E-state index is 14.2. The first-order valence-corrected chi connectivity index (χ1v) is 12.4. The molecule has 2 heterocycles. The molecule has 0 aliphatic carbocycles. The lowest BCUT2D eigenvalue weighted by Crippen LogP contribution is -2.47. The van der Waals surface area contributed by atoms with Gasteiger partial charge in [-0.1, -0.05) is 48.0 Å². The Kier molecular flexibility index (Phi) is 6.91. The number of benzene rings is 3. The Labute approximate surface area is 220 Å². The number of carbonyl (C=O) groups is 2. The second-order valence-corrected chi connectivity index (χ2v) is 9.49. The number of hydrogen-bond donors (Lipinski definition) is 2. The molecule has 190 valence electrons. The number of rotatable bonds is 7. The van der Waals surface area contributed by atoms with Crippen LogP contribution >= 0.6 is 11.6 Å². The van der Waals surface area contributed by atoms with Crippen LogP contribution in [0.5, 0.6) is 5.75 Å². The number of nitrogens with one attached hydrogen (secondary N) is 2. The number of anilines is 1. The highest BCUT2D eigenvalue weighted by atomic mass is 35.5. The average molecular weight is 518 g/mol. The lowest BCUT2D eigenvalue weighted by atomic mass is 9.79. The molecule has 1 aromatic heterocycles. The van der Waals surface area contributed by atoms with Gasteiger partial charge in [0.25, 0.3) is 5.91 Å². The Morgan fingerprint density at radius 2 is 1.84 bits per heavy atom. The zero-order valence-corrected chi connectivity index (χ0v) is 21.6. The predicted octanol–water partition coefficient (Wildman–Crippen LogP) is 5.70. The van der Waals surface area contributed by atoms with Crippen LogP contribution in [0.25, 0.3) is 10.9 Å². The predicted molar refractivity (Wildman–Crippen MR) is 145 cm³/mol. The first-order chi connectivity index (χ1) is 17.9. The Balaban J connectivity index is 1.67. The fourth-order valence-electron chi connectivity index (χ4n) is 5.14. The fraction of sp³-hybridized carbons (Fsp3) is 0.241. The Bertz CT molecular complexity index is 1480. The van der Waals surface area contributed by atoms with Gasteiger partial charge in [-0.2, -0.15) is 0 Å². The number of H-pyrrole nitrogens is 1. The van der Waals surface area contributed by atoms with Crippen molar-refractivity contribution in [1.82, 2.24) is 9.88 Å². The number of nitrogens with zero attached hydrogens (tertiary/aromatic N) is 1. The van der Waals surface area contributed by atoms with Crippen molar-refractivity contribution < 1.29 is 19.1 Å². The summed E-state index contributed by atoms with van der Waals surface area (Å²) in [5.41, 5.74) is 4.32. The van der Waals surface area contributed by atoms with Crippen LogP contribution in [0.15, 0.2) is 66.9 Å². The van der Waals surface area contributed by atoms with Crippen LogP contribution in [0, 0.1) is 6.92 Å². The van der Waals surface area contributed by atoms with E-state index >= 15 is 0 Å². The van der Waals surface area contributed by atoms with E-state index in [0.717, 1.165) is 22.0 Å². The minimum atomic E-state index is -0.689. The van der Waals surface area contributed by atoms with E-state index < -0.39 is 12.0 Å². The molecule has 5 rings (SSSR count). The molecule has 0 saturated carbocycles. The molecule has 1 aliphatic heterocycles. The van der Waals surface area contributed by atoms with Gasteiger partial charge >= 0.3 is 0 Å². The maximum Gasteiger partial charge on any atom is 0.254 e. The highest BCUT2D eigenvalue weighted by Crippen LogP contribution is 2.45. The molecule has 0 radical (unpaired) electrons. The highest BCUT2D eigenvalue weighted by Gasteiger charge is 2.45. The molecule has 1 aliphatic rings. The molecule has 4 aromatic rings. The van der Waals surface area contributed by atoms with E-state index in [2.05, 4.69) is 10.3 Å². The van der Waals surface area contributed by atoms with Crippen LogP contribution in [0.2, 0.25) is 5.02 Å². The van der Waals surface area contributed by atoms with E-state index in [4.69, 9.17) is 21.1 Å². The van der Waals surface area contributed by atoms with Gasteiger partial charge in [0.2, 0.25) is 5.91 Å². The largest absolute Gasteiger partial charge is 0.495 e. The van der Waals surface area contributed by atoms with E-state index in [1.807, 2.05) is 55.6 Å². The fourth-order valence-corrected chi connectivity index (χ4v) is 5.29. The van der Waals surface area contributed by atoms with Crippen LogP contribution in [-0.4, -0.2) is 49.1 Å². The third kappa shape index (κ3) is 4.45.